The maximum atomic E-state index is 5.77. The van der Waals surface area contributed by atoms with Crippen molar-refractivity contribution >= 4 is 0 Å². The first-order valence-electron chi connectivity index (χ1n) is 6.93. The van der Waals surface area contributed by atoms with Crippen molar-refractivity contribution in [3.05, 3.63) is 34.4 Å². The van der Waals surface area contributed by atoms with E-state index in [0.29, 0.717) is 5.92 Å². The number of nitrogens with two attached hydrogens (primary N) is 1. The topological polar surface area (TPSA) is 29.3 Å². The smallest absolute Gasteiger partial charge is 0.0233 e. The van der Waals surface area contributed by atoms with E-state index < -0.39 is 0 Å². The molecule has 0 saturated heterocycles. The minimum absolute atomic E-state index is 0.613. The molecular formula is C16H28N2. The van der Waals surface area contributed by atoms with E-state index in [1.54, 1.807) is 0 Å². The Morgan fingerprint density at radius 2 is 1.83 bits per heavy atom. The molecule has 0 spiro atoms. The number of hydrogen-bond acceptors (Lipinski definition) is 2. The number of hydrogen-bond donors (Lipinski definition) is 1. The lowest BCUT2D eigenvalue weighted by Gasteiger charge is -2.23. The third-order valence-corrected chi connectivity index (χ3v) is 4.09. The fourth-order valence-electron chi connectivity index (χ4n) is 2.35. The van der Waals surface area contributed by atoms with Crippen LogP contribution in [0.4, 0.5) is 0 Å². The highest BCUT2D eigenvalue weighted by Gasteiger charge is 2.10. The highest BCUT2D eigenvalue weighted by molar-refractivity contribution is 5.38. The lowest BCUT2D eigenvalue weighted by molar-refractivity contribution is 0.267. The molecule has 0 aliphatic rings. The van der Waals surface area contributed by atoms with Gasteiger partial charge >= 0.3 is 0 Å². The van der Waals surface area contributed by atoms with Gasteiger partial charge in [0, 0.05) is 13.1 Å². The number of benzene rings is 1. The Labute approximate surface area is 112 Å². The Hall–Kier alpha value is -0.860. The summed E-state index contributed by atoms with van der Waals surface area (Å²) in [6.45, 7) is 11.7. The molecule has 0 radical (unpaired) electrons. The lowest BCUT2D eigenvalue weighted by Crippen LogP contribution is -2.29. The number of aryl methyl sites for hydroxylation is 1. The summed E-state index contributed by atoms with van der Waals surface area (Å²) in [5, 5.41) is 0. The van der Waals surface area contributed by atoms with E-state index in [0.717, 1.165) is 26.1 Å². The van der Waals surface area contributed by atoms with Gasteiger partial charge < -0.3 is 10.6 Å². The maximum absolute atomic E-state index is 5.77. The predicted molar refractivity (Wildman–Crippen MR) is 79.8 cm³/mol. The van der Waals surface area contributed by atoms with Crippen LogP contribution in [-0.2, 0) is 6.54 Å². The molecule has 0 bridgehead atoms. The van der Waals surface area contributed by atoms with Crippen molar-refractivity contribution in [2.75, 3.05) is 20.1 Å². The van der Waals surface area contributed by atoms with Crippen LogP contribution in [0.5, 0.6) is 0 Å². The molecule has 0 aliphatic carbocycles. The van der Waals surface area contributed by atoms with Gasteiger partial charge in [0.05, 0.1) is 0 Å². The van der Waals surface area contributed by atoms with E-state index in [-0.39, 0.29) is 0 Å². The Bertz CT molecular complexity index is 381. The van der Waals surface area contributed by atoms with Crippen LogP contribution in [0.25, 0.3) is 0 Å². The molecule has 1 unspecified atom stereocenters. The number of rotatable bonds is 6. The molecule has 2 heteroatoms. The molecule has 102 valence electrons. The van der Waals surface area contributed by atoms with Crippen molar-refractivity contribution in [2.45, 2.75) is 40.7 Å². The van der Waals surface area contributed by atoms with Crippen molar-refractivity contribution in [3.63, 3.8) is 0 Å². The summed E-state index contributed by atoms with van der Waals surface area (Å²) in [6, 6.07) is 4.49. The molecule has 0 saturated carbocycles. The predicted octanol–water partition coefficient (Wildman–Crippen LogP) is 3.03. The van der Waals surface area contributed by atoms with Gasteiger partial charge in [0.25, 0.3) is 0 Å². The zero-order valence-corrected chi connectivity index (χ0v) is 12.6. The van der Waals surface area contributed by atoms with E-state index in [9.17, 15) is 0 Å². The Morgan fingerprint density at radius 3 is 2.39 bits per heavy atom. The first-order valence-corrected chi connectivity index (χ1v) is 6.93. The second kappa shape index (κ2) is 6.91. The zero-order chi connectivity index (χ0) is 13.7. The molecule has 0 aliphatic heterocycles. The summed E-state index contributed by atoms with van der Waals surface area (Å²) in [6.07, 6.45) is 1.16. The molecule has 2 N–H and O–H groups in total. The summed E-state index contributed by atoms with van der Waals surface area (Å²) in [5.41, 5.74) is 11.4. The van der Waals surface area contributed by atoms with E-state index in [4.69, 9.17) is 5.73 Å². The van der Waals surface area contributed by atoms with Crippen LogP contribution in [0.3, 0.4) is 0 Å². The minimum atomic E-state index is 0.613. The fourth-order valence-corrected chi connectivity index (χ4v) is 2.35. The van der Waals surface area contributed by atoms with Crippen molar-refractivity contribution in [2.24, 2.45) is 11.7 Å². The molecule has 0 amide bonds. The minimum Gasteiger partial charge on any atom is -0.330 e. The van der Waals surface area contributed by atoms with Gasteiger partial charge in [-0.25, -0.2) is 0 Å². The summed E-state index contributed by atoms with van der Waals surface area (Å²) >= 11 is 0. The van der Waals surface area contributed by atoms with Gasteiger partial charge in [0.15, 0.2) is 0 Å². The van der Waals surface area contributed by atoms with Gasteiger partial charge in [-0.2, -0.15) is 0 Å². The quantitative estimate of drug-likeness (QED) is 0.838. The summed E-state index contributed by atoms with van der Waals surface area (Å²) in [5.74, 6) is 0.613. The highest BCUT2D eigenvalue weighted by Crippen LogP contribution is 2.18. The average Bonchev–Trinajstić information content (AvgIpc) is 2.36. The first kappa shape index (κ1) is 15.2. The highest BCUT2D eigenvalue weighted by atomic mass is 15.1. The Kier molecular flexibility index (Phi) is 5.83. The van der Waals surface area contributed by atoms with Gasteiger partial charge in [0.2, 0.25) is 0 Å². The van der Waals surface area contributed by atoms with Gasteiger partial charge in [-0.15, -0.1) is 0 Å². The Morgan fingerprint density at radius 1 is 1.17 bits per heavy atom. The zero-order valence-electron chi connectivity index (χ0n) is 12.6. The Balaban J connectivity index is 2.70. The summed E-state index contributed by atoms with van der Waals surface area (Å²) in [7, 11) is 2.19. The summed E-state index contributed by atoms with van der Waals surface area (Å²) < 4.78 is 0. The van der Waals surface area contributed by atoms with Crippen LogP contribution in [0.2, 0.25) is 0 Å². The van der Waals surface area contributed by atoms with Crippen LogP contribution in [0.1, 0.15) is 35.6 Å². The molecular weight excluding hydrogens is 220 g/mol. The molecule has 1 rings (SSSR count). The SMILES string of the molecule is CCC(CN)CN(C)Cc1ccc(C)c(C)c1C. The van der Waals surface area contributed by atoms with Crippen LogP contribution in [-0.4, -0.2) is 25.0 Å². The molecule has 1 atom stereocenters. The standard InChI is InChI=1S/C16H28N2/c1-6-15(9-17)10-18(5)11-16-8-7-12(2)13(3)14(16)4/h7-8,15H,6,9-11,17H2,1-5H3. The van der Waals surface area contributed by atoms with Gasteiger partial charge in [-0.05, 0) is 62.5 Å². The monoisotopic (exact) mass is 248 g/mol. The molecule has 0 aromatic heterocycles. The third kappa shape index (κ3) is 3.82. The van der Waals surface area contributed by atoms with Crippen molar-refractivity contribution < 1.29 is 0 Å². The van der Waals surface area contributed by atoms with Crippen molar-refractivity contribution in [1.29, 1.82) is 0 Å². The second-order valence-electron chi connectivity index (χ2n) is 5.50. The molecule has 0 heterocycles. The first-order chi connectivity index (χ1) is 8.49. The largest absolute Gasteiger partial charge is 0.330 e. The van der Waals surface area contributed by atoms with Crippen LogP contribution < -0.4 is 5.73 Å². The van der Waals surface area contributed by atoms with E-state index in [2.05, 4.69) is 51.8 Å². The normalized spacial score (nSPS) is 13.1. The molecule has 18 heavy (non-hydrogen) atoms. The number of nitrogens with zero attached hydrogens (tertiary/aromatic N) is 1. The molecule has 2 nitrogen and oxygen atoms in total. The van der Waals surface area contributed by atoms with Crippen LogP contribution in [0, 0.1) is 26.7 Å². The molecule has 0 fully saturated rings. The average molecular weight is 248 g/mol. The second-order valence-corrected chi connectivity index (χ2v) is 5.50. The van der Waals surface area contributed by atoms with Gasteiger partial charge in [0.1, 0.15) is 0 Å². The van der Waals surface area contributed by atoms with Crippen LogP contribution >= 0.6 is 0 Å². The maximum Gasteiger partial charge on any atom is 0.0233 e. The van der Waals surface area contributed by atoms with Gasteiger partial charge in [-0.1, -0.05) is 25.5 Å². The lowest BCUT2D eigenvalue weighted by atomic mass is 9.98. The van der Waals surface area contributed by atoms with E-state index in [1.807, 2.05) is 0 Å². The van der Waals surface area contributed by atoms with Crippen molar-refractivity contribution in [1.82, 2.24) is 4.90 Å². The molecule has 1 aromatic rings. The van der Waals surface area contributed by atoms with E-state index in [1.165, 1.54) is 22.3 Å². The summed E-state index contributed by atoms with van der Waals surface area (Å²) in [4.78, 5) is 2.39. The van der Waals surface area contributed by atoms with E-state index >= 15 is 0 Å². The van der Waals surface area contributed by atoms with Crippen LogP contribution in [0.15, 0.2) is 12.1 Å². The third-order valence-electron chi connectivity index (χ3n) is 4.09. The fraction of sp³-hybridized carbons (Fsp3) is 0.625. The molecule has 1 aromatic carbocycles. The van der Waals surface area contributed by atoms with Crippen molar-refractivity contribution in [3.8, 4) is 0 Å². The van der Waals surface area contributed by atoms with Gasteiger partial charge in [-0.3, -0.25) is 0 Å².